The van der Waals surface area contributed by atoms with Gasteiger partial charge in [0.1, 0.15) is 11.6 Å². The number of hydrogen-bond donors (Lipinski definition) is 1. The van der Waals surface area contributed by atoms with Crippen LogP contribution in [0.5, 0.6) is 0 Å². The van der Waals surface area contributed by atoms with Gasteiger partial charge in [0.15, 0.2) is 0 Å². The van der Waals surface area contributed by atoms with Crippen molar-refractivity contribution in [2.75, 3.05) is 6.54 Å². The van der Waals surface area contributed by atoms with Gasteiger partial charge in [-0.2, -0.15) is 0 Å². The smallest absolute Gasteiger partial charge is 0.223 e. The summed E-state index contributed by atoms with van der Waals surface area (Å²) in [5.74, 6) is 1.93. The van der Waals surface area contributed by atoms with E-state index in [1.807, 2.05) is 41.3 Å². The van der Waals surface area contributed by atoms with Crippen molar-refractivity contribution in [2.24, 2.45) is 0 Å². The number of aryl methyl sites for hydroxylation is 1. The van der Waals surface area contributed by atoms with Gasteiger partial charge in [-0.25, -0.2) is 4.98 Å². The molecular formula is C18H19N3O2. The van der Waals surface area contributed by atoms with Crippen molar-refractivity contribution in [3.63, 3.8) is 0 Å². The van der Waals surface area contributed by atoms with E-state index in [-0.39, 0.29) is 11.9 Å². The first-order chi connectivity index (χ1) is 11.3. The average molecular weight is 309 g/mol. The molecule has 2 aromatic heterocycles. The second kappa shape index (κ2) is 5.91. The topological polar surface area (TPSA) is 62.1 Å². The van der Waals surface area contributed by atoms with Crippen molar-refractivity contribution in [3.05, 3.63) is 54.2 Å². The zero-order chi connectivity index (χ0) is 15.6. The van der Waals surface area contributed by atoms with Gasteiger partial charge in [-0.05, 0) is 37.1 Å². The van der Waals surface area contributed by atoms with E-state index in [9.17, 15) is 4.79 Å². The van der Waals surface area contributed by atoms with Crippen LogP contribution in [0.15, 0.2) is 47.1 Å². The molecule has 3 aromatic rings. The van der Waals surface area contributed by atoms with E-state index in [1.165, 1.54) is 0 Å². The fourth-order valence-corrected chi connectivity index (χ4v) is 3.31. The molecule has 1 amide bonds. The van der Waals surface area contributed by atoms with Gasteiger partial charge in [0.2, 0.25) is 5.91 Å². The molecule has 1 fully saturated rings. The summed E-state index contributed by atoms with van der Waals surface area (Å²) in [6, 6.07) is 11.8. The highest BCUT2D eigenvalue weighted by Gasteiger charge is 2.31. The first kappa shape index (κ1) is 14.1. The molecule has 0 bridgehead atoms. The van der Waals surface area contributed by atoms with Crippen molar-refractivity contribution >= 4 is 16.9 Å². The van der Waals surface area contributed by atoms with E-state index in [2.05, 4.69) is 9.97 Å². The summed E-state index contributed by atoms with van der Waals surface area (Å²) in [6.45, 7) is 0.804. The van der Waals surface area contributed by atoms with Crippen molar-refractivity contribution < 1.29 is 9.21 Å². The maximum Gasteiger partial charge on any atom is 0.223 e. The molecular weight excluding hydrogens is 290 g/mol. The number of carbonyl (C=O) groups excluding carboxylic acids is 1. The molecule has 0 radical (unpaired) electrons. The number of hydrogen-bond acceptors (Lipinski definition) is 3. The minimum absolute atomic E-state index is 0.0616. The van der Waals surface area contributed by atoms with E-state index >= 15 is 0 Å². The van der Waals surface area contributed by atoms with E-state index in [0.717, 1.165) is 42.0 Å². The lowest BCUT2D eigenvalue weighted by atomic mass is 10.2. The Kier molecular flexibility index (Phi) is 3.61. The minimum Gasteiger partial charge on any atom is -0.469 e. The molecule has 1 aromatic carbocycles. The lowest BCUT2D eigenvalue weighted by molar-refractivity contribution is -0.132. The zero-order valence-electron chi connectivity index (χ0n) is 12.9. The summed E-state index contributed by atoms with van der Waals surface area (Å²) in [6.07, 6.45) is 4.76. The number of aromatic nitrogens is 2. The molecule has 4 rings (SSSR count). The predicted octanol–water partition coefficient (Wildman–Crippen LogP) is 3.45. The molecule has 0 aliphatic carbocycles. The summed E-state index contributed by atoms with van der Waals surface area (Å²) in [7, 11) is 0. The summed E-state index contributed by atoms with van der Waals surface area (Å²) >= 11 is 0. The van der Waals surface area contributed by atoms with Gasteiger partial charge in [0.05, 0.1) is 23.3 Å². The maximum atomic E-state index is 12.6. The largest absolute Gasteiger partial charge is 0.469 e. The third-order valence-electron chi connectivity index (χ3n) is 4.46. The molecule has 1 atom stereocenters. The van der Waals surface area contributed by atoms with Crippen LogP contribution < -0.4 is 0 Å². The summed E-state index contributed by atoms with van der Waals surface area (Å²) < 4.78 is 5.31. The Morgan fingerprint density at radius 2 is 2.22 bits per heavy atom. The molecule has 23 heavy (non-hydrogen) atoms. The lowest BCUT2D eigenvalue weighted by Gasteiger charge is -2.23. The van der Waals surface area contributed by atoms with E-state index in [1.54, 1.807) is 6.26 Å². The van der Waals surface area contributed by atoms with Crippen LogP contribution in [0.2, 0.25) is 0 Å². The molecule has 1 N–H and O–H groups in total. The number of nitrogens with one attached hydrogen (secondary N) is 1. The number of carbonyl (C=O) groups is 1. The molecule has 0 saturated carbocycles. The van der Waals surface area contributed by atoms with Gasteiger partial charge >= 0.3 is 0 Å². The van der Waals surface area contributed by atoms with Crippen LogP contribution in [0.25, 0.3) is 11.0 Å². The molecule has 5 nitrogen and oxygen atoms in total. The number of para-hydroxylation sites is 2. The number of nitrogens with zero attached hydrogens (tertiary/aromatic N) is 2. The minimum atomic E-state index is 0.0616. The number of likely N-dealkylation sites (tertiary alicyclic amines) is 1. The van der Waals surface area contributed by atoms with Gasteiger partial charge in [-0.1, -0.05) is 12.1 Å². The number of fused-ring (bicyclic) bond motifs is 1. The number of aromatic amines is 1. The van der Waals surface area contributed by atoms with Crippen LogP contribution in [-0.2, 0) is 11.2 Å². The normalized spacial score (nSPS) is 17.9. The highest BCUT2D eigenvalue weighted by Crippen LogP contribution is 2.32. The van der Waals surface area contributed by atoms with E-state index in [4.69, 9.17) is 4.42 Å². The van der Waals surface area contributed by atoms with E-state index in [0.29, 0.717) is 12.8 Å². The fraction of sp³-hybridized carbons (Fsp3) is 0.333. The lowest BCUT2D eigenvalue weighted by Crippen LogP contribution is -2.31. The number of rotatable bonds is 4. The first-order valence-electron chi connectivity index (χ1n) is 8.08. The Morgan fingerprint density at radius 1 is 1.30 bits per heavy atom. The molecule has 0 unspecified atom stereocenters. The van der Waals surface area contributed by atoms with Gasteiger partial charge in [-0.15, -0.1) is 0 Å². The monoisotopic (exact) mass is 309 g/mol. The van der Waals surface area contributed by atoms with Crippen LogP contribution in [-0.4, -0.2) is 27.3 Å². The van der Waals surface area contributed by atoms with Gasteiger partial charge in [0, 0.05) is 19.4 Å². The van der Waals surface area contributed by atoms with Crippen LogP contribution >= 0.6 is 0 Å². The van der Waals surface area contributed by atoms with E-state index < -0.39 is 0 Å². The number of imidazole rings is 1. The van der Waals surface area contributed by atoms with Crippen LogP contribution in [0.3, 0.4) is 0 Å². The van der Waals surface area contributed by atoms with Crippen molar-refractivity contribution in [1.29, 1.82) is 0 Å². The zero-order valence-corrected chi connectivity index (χ0v) is 12.9. The molecule has 1 saturated heterocycles. The highest BCUT2D eigenvalue weighted by molar-refractivity contribution is 5.78. The Morgan fingerprint density at radius 3 is 3.04 bits per heavy atom. The Labute approximate surface area is 134 Å². The van der Waals surface area contributed by atoms with Crippen LogP contribution in [0, 0.1) is 0 Å². The van der Waals surface area contributed by atoms with Crippen molar-refractivity contribution in [2.45, 2.75) is 31.7 Å². The molecule has 0 spiro atoms. The second-order valence-corrected chi connectivity index (χ2v) is 5.96. The number of amides is 1. The number of furan rings is 1. The van der Waals surface area contributed by atoms with Gasteiger partial charge in [0.25, 0.3) is 0 Å². The quantitative estimate of drug-likeness (QED) is 0.803. The number of H-pyrrole nitrogens is 1. The molecule has 3 heterocycles. The van der Waals surface area contributed by atoms with Crippen molar-refractivity contribution in [3.8, 4) is 0 Å². The Balaban J connectivity index is 1.50. The maximum absolute atomic E-state index is 12.6. The molecule has 1 aliphatic rings. The summed E-state index contributed by atoms with van der Waals surface area (Å²) in [4.78, 5) is 22.6. The molecule has 118 valence electrons. The molecule has 1 aliphatic heterocycles. The number of benzene rings is 1. The Hall–Kier alpha value is -2.56. The van der Waals surface area contributed by atoms with Crippen molar-refractivity contribution in [1.82, 2.24) is 14.9 Å². The van der Waals surface area contributed by atoms with Gasteiger partial charge < -0.3 is 14.3 Å². The molecule has 5 heteroatoms. The summed E-state index contributed by atoms with van der Waals surface area (Å²) in [5, 5.41) is 0. The highest BCUT2D eigenvalue weighted by atomic mass is 16.3. The third-order valence-corrected chi connectivity index (χ3v) is 4.46. The summed E-state index contributed by atoms with van der Waals surface area (Å²) in [5.41, 5.74) is 1.98. The second-order valence-electron chi connectivity index (χ2n) is 5.96. The van der Waals surface area contributed by atoms with Gasteiger partial charge in [-0.3, -0.25) is 4.79 Å². The average Bonchev–Trinajstić information content (AvgIpc) is 3.31. The third kappa shape index (κ3) is 2.74. The standard InChI is InChI=1S/C18H19N3O2/c22-17(10-9-13-5-4-12-23-13)21-11-3-8-16(21)18-19-14-6-1-2-7-15(14)20-18/h1-2,4-7,12,16H,3,8-11H2,(H,19,20)/t16-/m0/s1. The van der Waals surface area contributed by atoms with Crippen LogP contribution in [0.1, 0.15) is 36.9 Å². The Bertz CT molecular complexity index is 774. The SMILES string of the molecule is O=C(CCc1ccco1)N1CCC[C@H]1c1nc2ccccc2[nH]1. The predicted molar refractivity (Wildman–Crippen MR) is 86.8 cm³/mol. The van der Waals surface area contributed by atoms with Crippen LogP contribution in [0.4, 0.5) is 0 Å². The fourth-order valence-electron chi connectivity index (χ4n) is 3.31. The first-order valence-corrected chi connectivity index (χ1v) is 8.08.